The Morgan fingerprint density at radius 3 is 2.16 bits per heavy atom. The minimum absolute atomic E-state index is 0.120. The zero-order chi connectivity index (χ0) is 21.5. The van der Waals surface area contributed by atoms with Crippen molar-refractivity contribution in [2.75, 3.05) is 18.5 Å². The molecule has 0 saturated carbocycles. The fourth-order valence-corrected chi connectivity index (χ4v) is 3.81. The lowest BCUT2D eigenvalue weighted by Crippen LogP contribution is -2.20. The predicted octanol–water partition coefficient (Wildman–Crippen LogP) is 5.89. The van der Waals surface area contributed by atoms with E-state index in [2.05, 4.69) is 34.6 Å². The zero-order valence-electron chi connectivity index (χ0n) is 17.1. The third-order valence-corrected chi connectivity index (χ3v) is 5.30. The van der Waals surface area contributed by atoms with Crippen molar-refractivity contribution in [2.45, 2.75) is 6.92 Å². The zero-order valence-corrected chi connectivity index (χ0v) is 17.9. The first-order valence-corrected chi connectivity index (χ1v) is 10.9. The Hall–Kier alpha value is -3.64. The molecular formula is C25H22N2O3S. The lowest BCUT2D eigenvalue weighted by Gasteiger charge is -2.10. The molecule has 5 nitrogen and oxygen atoms in total. The van der Waals surface area contributed by atoms with Crippen molar-refractivity contribution in [1.29, 1.82) is 0 Å². The normalized spacial score (nSPS) is 10.5. The highest BCUT2D eigenvalue weighted by atomic mass is 32.1. The summed E-state index contributed by atoms with van der Waals surface area (Å²) in [7, 11) is 0. The smallest absolute Gasteiger partial charge is 0.264 e. The highest BCUT2D eigenvalue weighted by Crippen LogP contribution is 2.28. The number of ether oxygens (including phenoxy) is 2. The number of aromatic nitrogens is 1. The quantitative estimate of drug-likeness (QED) is 0.378. The molecule has 0 atom stereocenters. The second kappa shape index (κ2) is 9.91. The van der Waals surface area contributed by atoms with Gasteiger partial charge in [-0.1, -0.05) is 66.7 Å². The Bertz CT molecular complexity index is 1140. The molecular weight excluding hydrogens is 408 g/mol. The molecule has 1 amide bonds. The van der Waals surface area contributed by atoms with E-state index in [1.165, 1.54) is 16.9 Å². The second-order valence-electron chi connectivity index (χ2n) is 6.70. The van der Waals surface area contributed by atoms with Gasteiger partial charge in [-0.05, 0) is 30.2 Å². The van der Waals surface area contributed by atoms with Crippen LogP contribution in [0.4, 0.5) is 5.13 Å². The maximum absolute atomic E-state index is 12.3. The molecule has 0 saturated heterocycles. The fourth-order valence-electron chi connectivity index (χ4n) is 3.07. The lowest BCUT2D eigenvalue weighted by molar-refractivity contribution is -0.118. The van der Waals surface area contributed by atoms with Crippen LogP contribution in [0.3, 0.4) is 0 Å². The SMILES string of the molecule is CCOc1ccccc1OCC(=O)Nc1nc(-c2ccc(-c3ccccc3)cc2)cs1. The first-order chi connectivity index (χ1) is 15.2. The van der Waals surface area contributed by atoms with E-state index in [4.69, 9.17) is 9.47 Å². The highest BCUT2D eigenvalue weighted by Gasteiger charge is 2.11. The number of benzene rings is 3. The van der Waals surface area contributed by atoms with Crippen molar-refractivity contribution < 1.29 is 14.3 Å². The number of hydrogen-bond donors (Lipinski definition) is 1. The van der Waals surface area contributed by atoms with Gasteiger partial charge in [-0.3, -0.25) is 10.1 Å². The summed E-state index contributed by atoms with van der Waals surface area (Å²) in [5.41, 5.74) is 4.14. The highest BCUT2D eigenvalue weighted by molar-refractivity contribution is 7.14. The number of nitrogens with zero attached hydrogens (tertiary/aromatic N) is 1. The van der Waals surface area contributed by atoms with Crippen LogP contribution in [0, 0.1) is 0 Å². The summed E-state index contributed by atoms with van der Waals surface area (Å²) in [6.45, 7) is 2.31. The topological polar surface area (TPSA) is 60.5 Å². The number of carbonyl (C=O) groups excluding carboxylic acids is 1. The van der Waals surface area contributed by atoms with E-state index in [9.17, 15) is 4.79 Å². The van der Waals surface area contributed by atoms with Crippen LogP contribution in [0.2, 0.25) is 0 Å². The molecule has 0 radical (unpaired) electrons. The average Bonchev–Trinajstić information content (AvgIpc) is 3.28. The van der Waals surface area contributed by atoms with Crippen molar-refractivity contribution >= 4 is 22.4 Å². The van der Waals surface area contributed by atoms with E-state index in [0.717, 1.165) is 16.8 Å². The van der Waals surface area contributed by atoms with Gasteiger partial charge in [0.1, 0.15) is 0 Å². The van der Waals surface area contributed by atoms with Gasteiger partial charge < -0.3 is 9.47 Å². The molecule has 0 aliphatic rings. The molecule has 4 aromatic rings. The van der Waals surface area contributed by atoms with Gasteiger partial charge >= 0.3 is 0 Å². The molecule has 0 fully saturated rings. The maximum atomic E-state index is 12.3. The van der Waals surface area contributed by atoms with Crippen molar-refractivity contribution in [1.82, 2.24) is 4.98 Å². The fraction of sp³-hybridized carbons (Fsp3) is 0.120. The lowest BCUT2D eigenvalue weighted by atomic mass is 10.0. The van der Waals surface area contributed by atoms with Crippen LogP contribution in [0.5, 0.6) is 11.5 Å². The van der Waals surface area contributed by atoms with E-state index >= 15 is 0 Å². The number of rotatable bonds is 8. The number of hydrogen-bond acceptors (Lipinski definition) is 5. The Balaban J connectivity index is 1.36. The number of para-hydroxylation sites is 2. The summed E-state index contributed by atoms with van der Waals surface area (Å²) >= 11 is 1.38. The van der Waals surface area contributed by atoms with Crippen molar-refractivity contribution in [3.05, 3.63) is 84.2 Å². The third-order valence-electron chi connectivity index (χ3n) is 4.55. The van der Waals surface area contributed by atoms with Gasteiger partial charge in [-0.2, -0.15) is 0 Å². The summed E-state index contributed by atoms with van der Waals surface area (Å²) in [5, 5.41) is 5.26. The maximum Gasteiger partial charge on any atom is 0.264 e. The first-order valence-electron chi connectivity index (χ1n) is 9.99. The molecule has 3 aromatic carbocycles. The van der Waals surface area contributed by atoms with E-state index in [1.54, 1.807) is 6.07 Å². The molecule has 1 aromatic heterocycles. The molecule has 0 unspecified atom stereocenters. The van der Waals surface area contributed by atoms with Crippen LogP contribution in [0.15, 0.2) is 84.2 Å². The molecule has 31 heavy (non-hydrogen) atoms. The Labute approximate surface area is 185 Å². The predicted molar refractivity (Wildman–Crippen MR) is 125 cm³/mol. The molecule has 156 valence electrons. The van der Waals surface area contributed by atoms with Crippen molar-refractivity contribution in [2.24, 2.45) is 0 Å². The van der Waals surface area contributed by atoms with Gasteiger partial charge in [-0.25, -0.2) is 4.98 Å². The molecule has 0 bridgehead atoms. The largest absolute Gasteiger partial charge is 0.490 e. The van der Waals surface area contributed by atoms with Crippen molar-refractivity contribution in [3.63, 3.8) is 0 Å². The Morgan fingerprint density at radius 2 is 1.45 bits per heavy atom. The number of nitrogens with one attached hydrogen (secondary N) is 1. The number of anilines is 1. The van der Waals surface area contributed by atoms with E-state index in [0.29, 0.717) is 23.2 Å². The van der Waals surface area contributed by atoms with Gasteiger partial charge in [-0.15, -0.1) is 11.3 Å². The second-order valence-corrected chi connectivity index (χ2v) is 7.56. The van der Waals surface area contributed by atoms with E-state index < -0.39 is 0 Å². The summed E-state index contributed by atoms with van der Waals surface area (Å²) < 4.78 is 11.1. The first kappa shape index (κ1) is 20.6. The van der Waals surface area contributed by atoms with E-state index in [-0.39, 0.29) is 12.5 Å². The third kappa shape index (κ3) is 5.29. The van der Waals surface area contributed by atoms with Gasteiger partial charge in [0.15, 0.2) is 23.2 Å². The summed E-state index contributed by atoms with van der Waals surface area (Å²) in [5.74, 6) is 0.887. The van der Waals surface area contributed by atoms with Gasteiger partial charge in [0.25, 0.3) is 5.91 Å². The standard InChI is InChI=1S/C25H22N2O3S/c1-2-29-22-10-6-7-11-23(22)30-16-24(28)27-25-26-21(17-31-25)20-14-12-19(13-15-20)18-8-4-3-5-9-18/h3-15,17H,2,16H2,1H3,(H,26,27,28). The molecule has 0 aliphatic carbocycles. The summed E-state index contributed by atoms with van der Waals surface area (Å²) in [6, 6.07) is 25.7. The molecule has 0 spiro atoms. The minimum Gasteiger partial charge on any atom is -0.490 e. The van der Waals surface area contributed by atoms with Gasteiger partial charge in [0.05, 0.1) is 12.3 Å². The molecule has 1 N–H and O–H groups in total. The monoisotopic (exact) mass is 430 g/mol. The Kier molecular flexibility index (Phi) is 6.59. The van der Waals surface area contributed by atoms with E-state index in [1.807, 2.05) is 60.8 Å². The summed E-state index contributed by atoms with van der Waals surface area (Å²) in [6.07, 6.45) is 0. The number of amides is 1. The van der Waals surface area contributed by atoms with Crippen LogP contribution in [-0.4, -0.2) is 24.1 Å². The van der Waals surface area contributed by atoms with Crippen LogP contribution in [0.1, 0.15) is 6.92 Å². The molecule has 6 heteroatoms. The minimum atomic E-state index is -0.272. The molecule has 4 rings (SSSR count). The average molecular weight is 431 g/mol. The Morgan fingerprint density at radius 1 is 0.839 bits per heavy atom. The number of carbonyl (C=O) groups is 1. The number of thiazole rings is 1. The van der Waals surface area contributed by atoms with Crippen LogP contribution < -0.4 is 14.8 Å². The molecule has 1 heterocycles. The van der Waals surface area contributed by atoms with Crippen LogP contribution >= 0.6 is 11.3 Å². The van der Waals surface area contributed by atoms with Crippen LogP contribution in [0.25, 0.3) is 22.4 Å². The van der Waals surface area contributed by atoms with Gasteiger partial charge in [0, 0.05) is 10.9 Å². The summed E-state index contributed by atoms with van der Waals surface area (Å²) in [4.78, 5) is 16.8. The van der Waals surface area contributed by atoms with Crippen LogP contribution in [-0.2, 0) is 4.79 Å². The van der Waals surface area contributed by atoms with Crippen molar-refractivity contribution in [3.8, 4) is 33.9 Å². The van der Waals surface area contributed by atoms with Gasteiger partial charge in [0.2, 0.25) is 0 Å². The molecule has 0 aliphatic heterocycles.